The predicted molar refractivity (Wildman–Crippen MR) is 77.0 cm³/mol. The van der Waals surface area contributed by atoms with Gasteiger partial charge in [0.15, 0.2) is 0 Å². The highest BCUT2D eigenvalue weighted by Crippen LogP contribution is 2.33. The Morgan fingerprint density at radius 3 is 2.89 bits per heavy atom. The summed E-state index contributed by atoms with van der Waals surface area (Å²) >= 11 is 0. The van der Waals surface area contributed by atoms with Crippen LogP contribution < -0.4 is 10.6 Å². The van der Waals surface area contributed by atoms with Crippen LogP contribution in [0.1, 0.15) is 17.5 Å². The Balaban J connectivity index is 2.12. The van der Waals surface area contributed by atoms with Gasteiger partial charge in [-0.2, -0.15) is 0 Å². The molecule has 0 saturated heterocycles. The Kier molecular flexibility index (Phi) is 2.91. The van der Waals surface area contributed by atoms with Gasteiger partial charge in [-0.3, -0.25) is 5.41 Å². The minimum Gasteiger partial charge on any atom is -0.384 e. The molecule has 0 aliphatic carbocycles. The highest BCUT2D eigenvalue weighted by Gasteiger charge is 2.21. The summed E-state index contributed by atoms with van der Waals surface area (Å²) in [7, 11) is 0. The first-order chi connectivity index (χ1) is 9.27. The first-order valence-electron chi connectivity index (χ1n) is 6.42. The molecule has 0 atom stereocenters. The van der Waals surface area contributed by atoms with Gasteiger partial charge in [-0.1, -0.05) is 18.2 Å². The molecule has 2 aromatic rings. The number of aromatic nitrogens is 1. The van der Waals surface area contributed by atoms with E-state index in [9.17, 15) is 0 Å². The normalized spacial score (nSPS) is 14.0. The maximum absolute atomic E-state index is 7.69. The lowest BCUT2D eigenvalue weighted by atomic mass is 10.0. The zero-order chi connectivity index (χ0) is 13.2. The van der Waals surface area contributed by atoms with Crippen LogP contribution in [0.25, 0.3) is 0 Å². The Labute approximate surface area is 112 Å². The third-order valence-electron chi connectivity index (χ3n) is 3.44. The molecule has 2 heterocycles. The Hall–Kier alpha value is -2.36. The maximum atomic E-state index is 7.69. The van der Waals surface area contributed by atoms with Gasteiger partial charge in [0.05, 0.1) is 5.56 Å². The summed E-state index contributed by atoms with van der Waals surface area (Å²) in [5.41, 5.74) is 8.86. The van der Waals surface area contributed by atoms with Crippen molar-refractivity contribution in [3.63, 3.8) is 0 Å². The average molecular weight is 252 g/mol. The molecule has 1 aliphatic heterocycles. The number of nitrogens with one attached hydrogen (secondary N) is 1. The molecule has 0 unspecified atom stereocenters. The van der Waals surface area contributed by atoms with Crippen LogP contribution in [-0.4, -0.2) is 17.4 Å². The Bertz CT molecular complexity index is 621. The van der Waals surface area contributed by atoms with Crippen molar-refractivity contribution in [1.82, 2.24) is 4.98 Å². The quantitative estimate of drug-likeness (QED) is 0.637. The number of nitrogen functional groups attached to an aromatic ring is 1. The van der Waals surface area contributed by atoms with E-state index < -0.39 is 0 Å². The molecule has 0 amide bonds. The number of hydrogen-bond acceptors (Lipinski definition) is 3. The third kappa shape index (κ3) is 2.05. The number of amidine groups is 1. The van der Waals surface area contributed by atoms with Gasteiger partial charge in [-0.15, -0.1) is 0 Å². The molecule has 3 rings (SSSR count). The van der Waals surface area contributed by atoms with E-state index in [1.54, 1.807) is 6.20 Å². The predicted octanol–water partition coefficient (Wildman–Crippen LogP) is 2.45. The second-order valence-electron chi connectivity index (χ2n) is 4.67. The molecule has 1 aromatic heterocycles. The fourth-order valence-corrected chi connectivity index (χ4v) is 2.58. The van der Waals surface area contributed by atoms with Crippen LogP contribution in [-0.2, 0) is 6.42 Å². The number of pyridine rings is 1. The van der Waals surface area contributed by atoms with Crippen LogP contribution in [0.4, 0.5) is 11.5 Å². The van der Waals surface area contributed by atoms with Crippen molar-refractivity contribution in [3.8, 4) is 0 Å². The molecule has 0 spiro atoms. The molecule has 4 nitrogen and oxygen atoms in total. The van der Waals surface area contributed by atoms with Crippen LogP contribution in [0.2, 0.25) is 0 Å². The van der Waals surface area contributed by atoms with Gasteiger partial charge >= 0.3 is 0 Å². The van der Waals surface area contributed by atoms with Gasteiger partial charge in [-0.25, -0.2) is 4.98 Å². The number of anilines is 2. The highest BCUT2D eigenvalue weighted by atomic mass is 15.2. The summed E-state index contributed by atoms with van der Waals surface area (Å²) in [5.74, 6) is 0.841. The number of para-hydroxylation sites is 1. The van der Waals surface area contributed by atoms with Gasteiger partial charge in [0.2, 0.25) is 0 Å². The first-order valence-corrected chi connectivity index (χ1v) is 6.42. The number of fused-ring (bicyclic) bond motifs is 1. The summed E-state index contributed by atoms with van der Waals surface area (Å²) in [6, 6.07) is 12.0. The number of benzene rings is 1. The van der Waals surface area contributed by atoms with Gasteiger partial charge in [-0.05, 0) is 36.6 Å². The van der Waals surface area contributed by atoms with E-state index in [2.05, 4.69) is 28.1 Å². The molecule has 1 aromatic carbocycles. The topological polar surface area (TPSA) is 66.0 Å². The van der Waals surface area contributed by atoms with Crippen molar-refractivity contribution in [2.75, 3.05) is 11.4 Å². The third-order valence-corrected chi connectivity index (χ3v) is 3.44. The summed E-state index contributed by atoms with van der Waals surface area (Å²) < 4.78 is 0. The molecule has 3 N–H and O–H groups in total. The molecular weight excluding hydrogens is 236 g/mol. The minimum absolute atomic E-state index is 0.0613. The van der Waals surface area contributed by atoms with E-state index in [0.29, 0.717) is 5.56 Å². The monoisotopic (exact) mass is 252 g/mol. The van der Waals surface area contributed by atoms with Crippen LogP contribution in [0.5, 0.6) is 0 Å². The number of hydrogen-bond donors (Lipinski definition) is 2. The van der Waals surface area contributed by atoms with Gasteiger partial charge in [0, 0.05) is 18.4 Å². The van der Waals surface area contributed by atoms with E-state index in [0.717, 1.165) is 25.2 Å². The van der Waals surface area contributed by atoms with Crippen molar-refractivity contribution < 1.29 is 0 Å². The molecule has 0 radical (unpaired) electrons. The van der Waals surface area contributed by atoms with Gasteiger partial charge in [0.1, 0.15) is 11.7 Å². The van der Waals surface area contributed by atoms with E-state index in [1.807, 2.05) is 18.2 Å². The van der Waals surface area contributed by atoms with Crippen molar-refractivity contribution >= 4 is 17.3 Å². The molecule has 4 heteroatoms. The lowest BCUT2D eigenvalue weighted by Gasteiger charge is -2.31. The highest BCUT2D eigenvalue weighted by molar-refractivity contribution is 6.00. The van der Waals surface area contributed by atoms with E-state index >= 15 is 0 Å². The second kappa shape index (κ2) is 4.72. The average Bonchev–Trinajstić information content (AvgIpc) is 2.46. The number of nitrogens with zero attached hydrogens (tertiary/aromatic N) is 2. The molecular formula is C15H16N4. The summed E-state index contributed by atoms with van der Waals surface area (Å²) in [5, 5.41) is 7.69. The zero-order valence-electron chi connectivity index (χ0n) is 10.6. The van der Waals surface area contributed by atoms with Crippen molar-refractivity contribution in [2.24, 2.45) is 5.73 Å². The SMILES string of the molecule is N=C(N)c1cccnc1N1CCCc2ccccc21. The molecule has 0 fully saturated rings. The van der Waals surface area contributed by atoms with Crippen LogP contribution in [0.3, 0.4) is 0 Å². The number of nitrogens with two attached hydrogens (primary N) is 1. The van der Waals surface area contributed by atoms with E-state index in [-0.39, 0.29) is 5.84 Å². The summed E-state index contributed by atoms with van der Waals surface area (Å²) in [6.45, 7) is 0.911. The number of rotatable bonds is 2. The molecule has 1 aliphatic rings. The molecule has 0 saturated carbocycles. The van der Waals surface area contributed by atoms with Crippen LogP contribution in [0, 0.1) is 5.41 Å². The lowest BCUT2D eigenvalue weighted by molar-refractivity contribution is 0.759. The van der Waals surface area contributed by atoms with E-state index in [1.165, 1.54) is 11.3 Å². The van der Waals surface area contributed by atoms with Crippen molar-refractivity contribution in [3.05, 3.63) is 53.7 Å². The van der Waals surface area contributed by atoms with Gasteiger partial charge in [0.25, 0.3) is 0 Å². The zero-order valence-corrected chi connectivity index (χ0v) is 10.6. The van der Waals surface area contributed by atoms with Crippen LogP contribution in [0.15, 0.2) is 42.6 Å². The maximum Gasteiger partial charge on any atom is 0.143 e. The molecule has 96 valence electrons. The van der Waals surface area contributed by atoms with Crippen molar-refractivity contribution in [1.29, 1.82) is 5.41 Å². The van der Waals surface area contributed by atoms with Gasteiger partial charge < -0.3 is 10.6 Å². The van der Waals surface area contributed by atoms with E-state index in [4.69, 9.17) is 11.1 Å². The van der Waals surface area contributed by atoms with Crippen molar-refractivity contribution in [2.45, 2.75) is 12.8 Å². The minimum atomic E-state index is 0.0613. The lowest BCUT2D eigenvalue weighted by Crippen LogP contribution is -2.28. The second-order valence-corrected chi connectivity index (χ2v) is 4.67. The number of aryl methyl sites for hydroxylation is 1. The smallest absolute Gasteiger partial charge is 0.143 e. The largest absolute Gasteiger partial charge is 0.384 e. The molecule has 19 heavy (non-hydrogen) atoms. The summed E-state index contributed by atoms with van der Waals surface area (Å²) in [6.07, 6.45) is 3.93. The summed E-state index contributed by atoms with van der Waals surface area (Å²) in [4.78, 5) is 6.59. The fraction of sp³-hybridized carbons (Fsp3) is 0.200. The first kappa shape index (κ1) is 11.7. The Morgan fingerprint density at radius 2 is 2.05 bits per heavy atom. The fourth-order valence-electron chi connectivity index (χ4n) is 2.58. The Morgan fingerprint density at radius 1 is 1.21 bits per heavy atom. The standard InChI is InChI=1S/C15H16N4/c16-14(17)12-7-3-9-18-15(12)19-10-4-6-11-5-1-2-8-13(11)19/h1-3,5,7-9H,4,6,10H2,(H3,16,17). The molecule has 0 bridgehead atoms. The van der Waals surface area contributed by atoms with Crippen LogP contribution >= 0.6 is 0 Å².